The second kappa shape index (κ2) is 12.5. The Labute approximate surface area is 266 Å². The van der Waals surface area contributed by atoms with Gasteiger partial charge in [0.25, 0.3) is 0 Å². The van der Waals surface area contributed by atoms with Crippen LogP contribution in [0, 0.1) is 6.92 Å². The molecule has 0 saturated carbocycles. The Hall–Kier alpha value is -4.52. The van der Waals surface area contributed by atoms with Gasteiger partial charge in [0.2, 0.25) is 5.95 Å². The van der Waals surface area contributed by atoms with Crippen molar-refractivity contribution in [1.29, 1.82) is 0 Å². The Morgan fingerprint density at radius 2 is 1.73 bits per heavy atom. The molecule has 0 fully saturated rings. The Bertz CT molecular complexity index is 1900. The van der Waals surface area contributed by atoms with Crippen LogP contribution in [0.5, 0.6) is 0 Å². The summed E-state index contributed by atoms with van der Waals surface area (Å²) < 4.78 is 39.7. The number of rotatable bonds is 6. The highest BCUT2D eigenvalue weighted by atomic mass is 35.5. The fourth-order valence-electron chi connectivity index (χ4n) is 5.10. The minimum Gasteiger partial charge on any atom is -0.324 e. The van der Waals surface area contributed by atoms with Gasteiger partial charge in [-0.15, -0.1) is 11.3 Å². The molecule has 1 aliphatic heterocycles. The molecule has 6 rings (SSSR count). The summed E-state index contributed by atoms with van der Waals surface area (Å²) in [4.78, 5) is 29.7. The number of urea groups is 1. The number of carbonyl (C=O) groups is 1. The number of fused-ring (bicyclic) bond motifs is 1. The van der Waals surface area contributed by atoms with Crippen molar-refractivity contribution >= 4 is 52.0 Å². The third kappa shape index (κ3) is 7.08. The van der Waals surface area contributed by atoms with E-state index in [-0.39, 0.29) is 5.69 Å². The van der Waals surface area contributed by atoms with E-state index < -0.39 is 22.8 Å². The van der Waals surface area contributed by atoms with Gasteiger partial charge in [-0.3, -0.25) is 0 Å². The first-order valence-corrected chi connectivity index (χ1v) is 15.1. The predicted octanol–water partition coefficient (Wildman–Crippen LogP) is 8.62. The molecule has 0 atom stereocenters. The zero-order valence-corrected chi connectivity index (χ0v) is 25.7. The minimum absolute atomic E-state index is 0.0475. The van der Waals surface area contributed by atoms with E-state index in [0.29, 0.717) is 23.0 Å². The van der Waals surface area contributed by atoms with Crippen LogP contribution in [0.4, 0.5) is 41.0 Å². The van der Waals surface area contributed by atoms with Gasteiger partial charge in [0.1, 0.15) is 0 Å². The quantitative estimate of drug-likeness (QED) is 0.170. The zero-order valence-electron chi connectivity index (χ0n) is 24.2. The molecule has 45 heavy (non-hydrogen) atoms. The molecule has 0 unspecified atom stereocenters. The first-order chi connectivity index (χ1) is 21.5. The number of hydrogen-bond donors (Lipinski definition) is 3. The second-order valence-electron chi connectivity index (χ2n) is 10.6. The van der Waals surface area contributed by atoms with Gasteiger partial charge in [0.05, 0.1) is 31.9 Å². The predicted molar refractivity (Wildman–Crippen MR) is 172 cm³/mol. The van der Waals surface area contributed by atoms with E-state index in [1.165, 1.54) is 28.5 Å². The van der Waals surface area contributed by atoms with Crippen molar-refractivity contribution < 1.29 is 18.0 Å². The van der Waals surface area contributed by atoms with Gasteiger partial charge in [-0.25, -0.2) is 19.7 Å². The third-order valence-electron chi connectivity index (χ3n) is 7.21. The molecule has 3 N–H and O–H groups in total. The highest BCUT2D eigenvalue weighted by molar-refractivity contribution is 7.15. The second-order valence-corrected chi connectivity index (χ2v) is 12.2. The van der Waals surface area contributed by atoms with Crippen LogP contribution in [0.1, 0.15) is 21.7 Å². The Morgan fingerprint density at radius 3 is 2.53 bits per heavy atom. The minimum atomic E-state index is -4.65. The Morgan fingerprint density at radius 1 is 0.956 bits per heavy atom. The average molecular weight is 650 g/mol. The zero-order chi connectivity index (χ0) is 31.7. The van der Waals surface area contributed by atoms with Crippen LogP contribution in [0.3, 0.4) is 0 Å². The van der Waals surface area contributed by atoms with Crippen LogP contribution in [0.2, 0.25) is 5.02 Å². The van der Waals surface area contributed by atoms with E-state index in [9.17, 15) is 18.0 Å². The number of nitrogens with zero attached hydrogens (tertiary/aromatic N) is 4. The molecular weight excluding hydrogens is 623 g/mol. The van der Waals surface area contributed by atoms with Crippen LogP contribution < -0.4 is 16.0 Å². The Balaban J connectivity index is 1.21. The van der Waals surface area contributed by atoms with Crippen LogP contribution in [-0.4, -0.2) is 39.5 Å². The number of likely N-dealkylation sites (N-methyl/N-ethyl adjacent to an activating group) is 1. The van der Waals surface area contributed by atoms with Crippen LogP contribution in [0.15, 0.2) is 72.9 Å². The summed E-state index contributed by atoms with van der Waals surface area (Å²) in [6, 6.07) is 17.7. The highest BCUT2D eigenvalue weighted by Gasteiger charge is 2.33. The maximum atomic E-state index is 13.2. The van der Waals surface area contributed by atoms with E-state index in [1.54, 1.807) is 24.4 Å². The molecular formula is C32H27ClF3N7OS. The van der Waals surface area contributed by atoms with Crippen molar-refractivity contribution in [1.82, 2.24) is 19.9 Å². The van der Waals surface area contributed by atoms with E-state index >= 15 is 0 Å². The number of halogens is 4. The van der Waals surface area contributed by atoms with Crippen molar-refractivity contribution in [2.24, 2.45) is 0 Å². The molecule has 0 saturated heterocycles. The first-order valence-electron chi connectivity index (χ1n) is 14.0. The molecule has 2 amide bonds. The summed E-state index contributed by atoms with van der Waals surface area (Å²) in [5.41, 5.74) is 4.98. The van der Waals surface area contributed by atoms with Crippen LogP contribution in [0.25, 0.3) is 21.8 Å². The lowest BCUT2D eigenvalue weighted by atomic mass is 9.99. The molecule has 0 radical (unpaired) electrons. The monoisotopic (exact) mass is 649 g/mol. The fourth-order valence-corrected chi connectivity index (χ4v) is 6.24. The van der Waals surface area contributed by atoms with Crippen LogP contribution in [-0.2, 0) is 19.1 Å². The SMILES string of the molecule is Cc1nc(-c2cccc(NC(=O)Nc3ccc(Cl)c(C(F)(F)F)c3)c2)c(-c2ccnc(Nc3ccc4c(c3)CN(C)CC4)n2)s1. The van der Waals surface area contributed by atoms with E-state index in [2.05, 4.69) is 45.0 Å². The lowest BCUT2D eigenvalue weighted by Crippen LogP contribution is -2.26. The molecule has 3 heterocycles. The number of thiazole rings is 1. The summed E-state index contributed by atoms with van der Waals surface area (Å²) in [7, 11) is 2.11. The number of alkyl halides is 3. The van der Waals surface area contributed by atoms with Gasteiger partial charge in [0.15, 0.2) is 0 Å². The molecule has 230 valence electrons. The van der Waals surface area contributed by atoms with Gasteiger partial charge in [-0.05, 0) is 80.1 Å². The lowest BCUT2D eigenvalue weighted by Gasteiger charge is -2.25. The van der Waals surface area contributed by atoms with Crippen molar-refractivity contribution in [3.05, 3.63) is 99.6 Å². The van der Waals surface area contributed by atoms with Crippen molar-refractivity contribution in [3.8, 4) is 21.8 Å². The van der Waals surface area contributed by atoms with E-state index in [0.717, 1.165) is 52.8 Å². The van der Waals surface area contributed by atoms with Crippen LogP contribution >= 0.6 is 22.9 Å². The van der Waals surface area contributed by atoms with E-state index in [4.69, 9.17) is 21.6 Å². The molecule has 13 heteroatoms. The maximum absolute atomic E-state index is 13.2. The summed E-state index contributed by atoms with van der Waals surface area (Å²) in [5.74, 6) is 0.455. The standard InChI is InChI=1S/C32H27ClF3N7OS/c1-18-38-28(20-4-3-5-22(14-20)40-31(44)41-24-8-9-26(33)25(16-24)32(34,35)36)29(45-18)27-10-12-37-30(42-27)39-23-7-6-19-11-13-43(2)17-21(19)15-23/h3-10,12,14-16H,11,13,17H2,1-2H3,(H,37,39,42)(H2,40,41,44). The molecule has 0 aliphatic carbocycles. The number of aryl methyl sites for hydroxylation is 1. The first kappa shape index (κ1) is 30.5. The maximum Gasteiger partial charge on any atom is 0.417 e. The van der Waals surface area contributed by atoms with Gasteiger partial charge >= 0.3 is 12.2 Å². The molecule has 2 aromatic heterocycles. The topological polar surface area (TPSA) is 95.1 Å². The highest BCUT2D eigenvalue weighted by Crippen LogP contribution is 2.38. The number of nitrogens with one attached hydrogen (secondary N) is 3. The molecule has 3 aromatic carbocycles. The summed E-state index contributed by atoms with van der Waals surface area (Å²) in [6.07, 6.45) is -1.93. The van der Waals surface area contributed by atoms with Crippen molar-refractivity contribution in [2.45, 2.75) is 26.1 Å². The summed E-state index contributed by atoms with van der Waals surface area (Å²) in [5, 5.41) is 8.80. The normalized spacial score (nSPS) is 13.3. The van der Waals surface area contributed by atoms with Gasteiger partial charge in [-0.2, -0.15) is 13.2 Å². The molecule has 1 aliphatic rings. The Kier molecular flexibility index (Phi) is 8.45. The van der Waals surface area contributed by atoms with Crippen molar-refractivity contribution in [3.63, 3.8) is 0 Å². The number of anilines is 4. The number of amides is 2. The third-order valence-corrected chi connectivity index (χ3v) is 8.53. The van der Waals surface area contributed by atoms with Gasteiger partial charge in [-0.1, -0.05) is 29.8 Å². The lowest BCUT2D eigenvalue weighted by molar-refractivity contribution is -0.137. The average Bonchev–Trinajstić information content (AvgIpc) is 3.39. The van der Waals surface area contributed by atoms with Gasteiger partial charge < -0.3 is 20.9 Å². The van der Waals surface area contributed by atoms with Crippen molar-refractivity contribution in [2.75, 3.05) is 29.5 Å². The fraction of sp³-hybridized carbons (Fsp3) is 0.188. The van der Waals surface area contributed by atoms with Gasteiger partial charge in [0, 0.05) is 41.9 Å². The molecule has 8 nitrogen and oxygen atoms in total. The smallest absolute Gasteiger partial charge is 0.324 e. The number of aromatic nitrogens is 3. The number of hydrogen-bond acceptors (Lipinski definition) is 7. The molecule has 0 bridgehead atoms. The summed E-state index contributed by atoms with van der Waals surface area (Å²) >= 11 is 7.17. The number of carbonyl (C=O) groups excluding carboxylic acids is 1. The summed E-state index contributed by atoms with van der Waals surface area (Å²) in [6.45, 7) is 3.84. The number of benzene rings is 3. The molecule has 5 aromatic rings. The van der Waals surface area contributed by atoms with E-state index in [1.807, 2.05) is 25.1 Å². The largest absolute Gasteiger partial charge is 0.417 e. The molecule has 0 spiro atoms.